The Hall–Kier alpha value is -2.53. The lowest BCUT2D eigenvalue weighted by molar-refractivity contribution is 0.530. The van der Waals surface area contributed by atoms with Gasteiger partial charge in [-0.3, -0.25) is 4.68 Å². The molecule has 1 fully saturated rings. The zero-order valence-electron chi connectivity index (χ0n) is 13.3. The highest BCUT2D eigenvalue weighted by atomic mass is 32.1. The van der Waals surface area contributed by atoms with E-state index < -0.39 is 0 Å². The van der Waals surface area contributed by atoms with E-state index in [1.165, 1.54) is 20.9 Å². The third-order valence-corrected chi connectivity index (χ3v) is 5.60. The molecule has 0 atom stereocenters. The Balaban J connectivity index is 1.37. The molecule has 1 aliphatic rings. The fourth-order valence-electron chi connectivity index (χ4n) is 3.47. The van der Waals surface area contributed by atoms with Crippen LogP contribution in [0.1, 0.15) is 0 Å². The van der Waals surface area contributed by atoms with Crippen LogP contribution in [0, 0.1) is 0 Å². The predicted molar refractivity (Wildman–Crippen MR) is 102 cm³/mol. The normalized spacial score (nSPS) is 15.5. The van der Waals surface area contributed by atoms with E-state index in [1.807, 2.05) is 0 Å². The molecule has 120 valence electrons. The van der Waals surface area contributed by atoms with E-state index in [2.05, 4.69) is 75.5 Å². The summed E-state index contributed by atoms with van der Waals surface area (Å²) >= 11 is 1.60. The molecule has 0 amide bonds. The summed E-state index contributed by atoms with van der Waals surface area (Å²) in [5, 5.41) is 6.28. The second-order valence-corrected chi connectivity index (χ2v) is 7.02. The number of piperazine rings is 1. The minimum absolute atomic E-state index is 1.00. The van der Waals surface area contributed by atoms with E-state index in [-0.39, 0.29) is 0 Å². The lowest BCUT2D eigenvalue weighted by Gasteiger charge is -2.36. The first-order valence-corrected chi connectivity index (χ1v) is 9.07. The van der Waals surface area contributed by atoms with Gasteiger partial charge in [0.15, 0.2) is 0 Å². The molecule has 4 nitrogen and oxygen atoms in total. The highest BCUT2D eigenvalue weighted by Gasteiger charge is 2.20. The van der Waals surface area contributed by atoms with Gasteiger partial charge in [0.1, 0.15) is 5.82 Å². The van der Waals surface area contributed by atoms with Crippen LogP contribution in [0.25, 0.3) is 20.9 Å². The number of aromatic nitrogens is 2. The molecular formula is C19H18N4S. The smallest absolute Gasteiger partial charge is 0.150 e. The molecule has 2 aromatic heterocycles. The Kier molecular flexibility index (Phi) is 3.19. The van der Waals surface area contributed by atoms with Crippen molar-refractivity contribution in [3.8, 4) is 0 Å². The van der Waals surface area contributed by atoms with E-state index in [1.54, 1.807) is 11.5 Å². The summed E-state index contributed by atoms with van der Waals surface area (Å²) in [4.78, 5) is 2.42. The summed E-state index contributed by atoms with van der Waals surface area (Å²) in [6.07, 6.45) is 4.45. The average Bonchev–Trinajstić information content (AvgIpc) is 3.26. The maximum absolute atomic E-state index is 4.69. The summed E-state index contributed by atoms with van der Waals surface area (Å²) < 4.78 is 8.21. The zero-order chi connectivity index (χ0) is 15.9. The number of nitrogens with zero attached hydrogens (tertiary/aromatic N) is 4. The van der Waals surface area contributed by atoms with Crippen molar-refractivity contribution >= 4 is 38.2 Å². The van der Waals surface area contributed by atoms with Gasteiger partial charge in [-0.1, -0.05) is 36.4 Å². The van der Waals surface area contributed by atoms with Gasteiger partial charge < -0.3 is 9.91 Å². The van der Waals surface area contributed by atoms with Gasteiger partial charge in [0.2, 0.25) is 0 Å². The molecule has 5 heteroatoms. The molecule has 24 heavy (non-hydrogen) atoms. The molecule has 0 N–H and O–H groups in total. The van der Waals surface area contributed by atoms with Gasteiger partial charge >= 0.3 is 0 Å². The first kappa shape index (κ1) is 13.9. The van der Waals surface area contributed by atoms with E-state index >= 15 is 0 Å². The molecule has 4 aromatic rings. The van der Waals surface area contributed by atoms with Gasteiger partial charge in [-0.15, -0.1) is 0 Å². The van der Waals surface area contributed by atoms with Gasteiger partial charge in [0.25, 0.3) is 0 Å². The van der Waals surface area contributed by atoms with Crippen molar-refractivity contribution in [3.63, 3.8) is 0 Å². The number of hydrogen-bond donors (Lipinski definition) is 0. The standard InChI is InChI=1S/C19H18N4S/c1-2-6-16-14-23(13-15(16)5-1)22-11-9-21(10-12-22)19-17-7-3-4-8-18(17)24-20-19/h1-8,13-14H,9-12H2. The van der Waals surface area contributed by atoms with Gasteiger partial charge in [-0.2, -0.15) is 4.37 Å². The van der Waals surface area contributed by atoms with Gasteiger partial charge in [0, 0.05) is 41.6 Å². The van der Waals surface area contributed by atoms with Crippen LogP contribution in [0.3, 0.4) is 0 Å². The Bertz CT molecular complexity index is 962. The van der Waals surface area contributed by atoms with Crippen molar-refractivity contribution in [2.75, 3.05) is 36.1 Å². The number of hydrogen-bond acceptors (Lipinski definition) is 4. The van der Waals surface area contributed by atoms with Crippen molar-refractivity contribution in [3.05, 3.63) is 60.9 Å². The highest BCUT2D eigenvalue weighted by Crippen LogP contribution is 2.29. The molecule has 3 heterocycles. The lowest BCUT2D eigenvalue weighted by atomic mass is 10.2. The fourth-order valence-corrected chi connectivity index (χ4v) is 4.27. The van der Waals surface area contributed by atoms with Crippen LogP contribution in [0.5, 0.6) is 0 Å². The van der Waals surface area contributed by atoms with Gasteiger partial charge in [-0.25, -0.2) is 0 Å². The van der Waals surface area contributed by atoms with Crippen molar-refractivity contribution in [2.24, 2.45) is 0 Å². The van der Waals surface area contributed by atoms with Crippen molar-refractivity contribution in [2.45, 2.75) is 0 Å². The molecule has 1 saturated heterocycles. The molecule has 5 rings (SSSR count). The second kappa shape index (κ2) is 5.53. The summed E-state index contributed by atoms with van der Waals surface area (Å²) in [5.74, 6) is 1.15. The van der Waals surface area contributed by atoms with Crippen molar-refractivity contribution in [1.82, 2.24) is 9.05 Å². The Labute approximate surface area is 144 Å². The molecule has 0 aliphatic carbocycles. The van der Waals surface area contributed by atoms with Crippen LogP contribution >= 0.6 is 11.5 Å². The summed E-state index contributed by atoms with van der Waals surface area (Å²) in [6, 6.07) is 17.0. The Morgan fingerprint density at radius 2 is 1.46 bits per heavy atom. The fraction of sp³-hybridized carbons (Fsp3) is 0.211. The third-order valence-electron chi connectivity index (χ3n) is 4.78. The van der Waals surface area contributed by atoms with E-state index in [9.17, 15) is 0 Å². The summed E-state index contributed by atoms with van der Waals surface area (Å²) in [7, 11) is 0. The largest absolute Gasteiger partial charge is 0.352 e. The minimum atomic E-state index is 1.00. The topological polar surface area (TPSA) is 24.3 Å². The molecular weight excluding hydrogens is 316 g/mol. The summed E-state index contributed by atoms with van der Waals surface area (Å²) in [5.41, 5.74) is 0. The highest BCUT2D eigenvalue weighted by molar-refractivity contribution is 7.13. The van der Waals surface area contributed by atoms with Crippen LogP contribution in [0.4, 0.5) is 5.82 Å². The lowest BCUT2D eigenvalue weighted by Crippen LogP contribution is -2.51. The SMILES string of the molecule is c1ccc2cn(N3CCN(c4nsc5ccccc45)CC3)cc2c1. The monoisotopic (exact) mass is 334 g/mol. The van der Waals surface area contributed by atoms with Crippen LogP contribution in [0.2, 0.25) is 0 Å². The predicted octanol–water partition coefficient (Wildman–Crippen LogP) is 3.71. The number of benzene rings is 2. The van der Waals surface area contributed by atoms with Crippen LogP contribution in [-0.4, -0.2) is 35.2 Å². The molecule has 0 spiro atoms. The zero-order valence-corrected chi connectivity index (χ0v) is 14.1. The van der Waals surface area contributed by atoms with Crippen LogP contribution < -0.4 is 9.91 Å². The maximum Gasteiger partial charge on any atom is 0.150 e. The third kappa shape index (κ3) is 2.24. The number of anilines is 1. The Morgan fingerprint density at radius 1 is 0.792 bits per heavy atom. The van der Waals surface area contributed by atoms with Gasteiger partial charge in [-0.05, 0) is 23.7 Å². The second-order valence-electron chi connectivity index (χ2n) is 6.21. The molecule has 0 unspecified atom stereocenters. The van der Waals surface area contributed by atoms with Crippen LogP contribution in [-0.2, 0) is 0 Å². The quantitative estimate of drug-likeness (QED) is 0.558. The molecule has 0 saturated carbocycles. The molecule has 2 aromatic carbocycles. The first-order chi connectivity index (χ1) is 11.9. The van der Waals surface area contributed by atoms with Gasteiger partial charge in [0.05, 0.1) is 17.8 Å². The molecule has 0 bridgehead atoms. The average molecular weight is 334 g/mol. The molecule has 1 aliphatic heterocycles. The maximum atomic E-state index is 4.69. The Morgan fingerprint density at radius 3 is 2.21 bits per heavy atom. The van der Waals surface area contributed by atoms with E-state index in [4.69, 9.17) is 4.37 Å². The van der Waals surface area contributed by atoms with Crippen molar-refractivity contribution in [1.29, 1.82) is 0 Å². The van der Waals surface area contributed by atoms with Crippen LogP contribution in [0.15, 0.2) is 60.9 Å². The number of rotatable bonds is 2. The van der Waals surface area contributed by atoms with Crippen molar-refractivity contribution < 1.29 is 0 Å². The first-order valence-electron chi connectivity index (χ1n) is 8.30. The number of fused-ring (bicyclic) bond motifs is 2. The van der Waals surface area contributed by atoms with E-state index in [0.29, 0.717) is 0 Å². The summed E-state index contributed by atoms with van der Waals surface area (Å²) in [6.45, 7) is 4.02. The van der Waals surface area contributed by atoms with E-state index in [0.717, 1.165) is 32.0 Å². The molecule has 0 radical (unpaired) electrons. The minimum Gasteiger partial charge on any atom is -0.352 e.